The van der Waals surface area contributed by atoms with Gasteiger partial charge in [0, 0.05) is 17.6 Å². The zero-order valence-electron chi connectivity index (χ0n) is 10.7. The Labute approximate surface area is 121 Å². The highest BCUT2D eigenvalue weighted by Gasteiger charge is 2.24. The van der Waals surface area contributed by atoms with E-state index in [0.29, 0.717) is 13.2 Å². The van der Waals surface area contributed by atoms with Gasteiger partial charge < -0.3 is 9.84 Å². The molecule has 0 spiro atoms. The molecule has 1 fully saturated rings. The first-order valence-electron chi connectivity index (χ1n) is 6.48. The molecule has 4 nitrogen and oxygen atoms in total. The lowest BCUT2D eigenvalue weighted by atomic mass is 9.98. The average Bonchev–Trinajstić information content (AvgIpc) is 2.41. The Morgan fingerprint density at radius 2 is 2.16 bits per heavy atom. The molecule has 19 heavy (non-hydrogen) atoms. The minimum absolute atomic E-state index is 0.221. The fraction of sp³-hybridized carbons (Fsp3) is 0.500. The van der Waals surface area contributed by atoms with Crippen molar-refractivity contribution in [3.8, 4) is 5.75 Å². The largest absolute Gasteiger partial charge is 0.492 e. The Bertz CT molecular complexity index is 421. The summed E-state index contributed by atoms with van der Waals surface area (Å²) in [6.45, 7) is 2.97. The first-order valence-corrected chi connectivity index (χ1v) is 7.28. The maximum atomic E-state index is 11.0. The van der Waals surface area contributed by atoms with Gasteiger partial charge in [-0.05, 0) is 43.7 Å². The molecule has 1 saturated heterocycles. The van der Waals surface area contributed by atoms with Crippen molar-refractivity contribution in [2.45, 2.75) is 12.8 Å². The van der Waals surface area contributed by atoms with Crippen molar-refractivity contribution in [2.75, 3.05) is 26.2 Å². The second kappa shape index (κ2) is 6.91. The Kier molecular flexibility index (Phi) is 5.22. The lowest BCUT2D eigenvalue weighted by Crippen LogP contribution is -2.40. The van der Waals surface area contributed by atoms with Gasteiger partial charge >= 0.3 is 5.97 Å². The van der Waals surface area contributed by atoms with E-state index >= 15 is 0 Å². The second-order valence-electron chi connectivity index (χ2n) is 4.78. The van der Waals surface area contributed by atoms with Crippen molar-refractivity contribution < 1.29 is 14.6 Å². The number of hydrogen-bond acceptors (Lipinski definition) is 3. The van der Waals surface area contributed by atoms with Crippen LogP contribution in [-0.2, 0) is 4.79 Å². The van der Waals surface area contributed by atoms with E-state index in [0.717, 1.165) is 36.2 Å². The van der Waals surface area contributed by atoms with Crippen LogP contribution in [0.3, 0.4) is 0 Å². The summed E-state index contributed by atoms with van der Waals surface area (Å²) in [6.07, 6.45) is 1.74. The molecule has 5 heteroatoms. The monoisotopic (exact) mass is 327 g/mol. The lowest BCUT2D eigenvalue weighted by molar-refractivity contribution is -0.143. The van der Waals surface area contributed by atoms with Gasteiger partial charge in [0.1, 0.15) is 12.4 Å². The van der Waals surface area contributed by atoms with Crippen molar-refractivity contribution in [3.63, 3.8) is 0 Å². The van der Waals surface area contributed by atoms with Crippen LogP contribution in [0.25, 0.3) is 0 Å². The molecule has 0 amide bonds. The second-order valence-corrected chi connectivity index (χ2v) is 5.70. The van der Waals surface area contributed by atoms with E-state index in [9.17, 15) is 4.79 Å². The van der Waals surface area contributed by atoms with Crippen LogP contribution in [0.4, 0.5) is 0 Å². The fourth-order valence-electron chi connectivity index (χ4n) is 2.28. The van der Waals surface area contributed by atoms with Gasteiger partial charge in [-0.25, -0.2) is 0 Å². The Morgan fingerprint density at radius 3 is 2.84 bits per heavy atom. The van der Waals surface area contributed by atoms with Crippen molar-refractivity contribution in [3.05, 3.63) is 28.7 Å². The SMILES string of the molecule is O=C(O)C1CCCN(CCOc2ccc(Br)cc2)C1. The van der Waals surface area contributed by atoms with Crippen LogP contribution < -0.4 is 4.74 Å². The molecule has 0 aromatic heterocycles. The Hall–Kier alpha value is -1.07. The van der Waals surface area contributed by atoms with E-state index in [4.69, 9.17) is 9.84 Å². The number of benzene rings is 1. The number of carboxylic acids is 1. The molecular weight excluding hydrogens is 310 g/mol. The molecule has 0 bridgehead atoms. The molecule has 0 saturated carbocycles. The summed E-state index contributed by atoms with van der Waals surface area (Å²) in [5, 5.41) is 9.02. The Balaban J connectivity index is 1.73. The third-order valence-corrected chi connectivity index (χ3v) is 3.87. The number of nitrogens with zero attached hydrogens (tertiary/aromatic N) is 1. The number of carbonyl (C=O) groups is 1. The first kappa shape index (κ1) is 14.3. The predicted octanol–water partition coefficient (Wildman–Crippen LogP) is 2.62. The number of ether oxygens (including phenoxy) is 1. The van der Waals surface area contributed by atoms with Gasteiger partial charge in [0.25, 0.3) is 0 Å². The smallest absolute Gasteiger partial charge is 0.307 e. The minimum atomic E-state index is -0.682. The number of hydrogen-bond donors (Lipinski definition) is 1. The zero-order valence-corrected chi connectivity index (χ0v) is 12.3. The summed E-state index contributed by atoms with van der Waals surface area (Å²) >= 11 is 3.38. The van der Waals surface area contributed by atoms with Crippen molar-refractivity contribution in [1.82, 2.24) is 4.90 Å². The highest BCUT2D eigenvalue weighted by molar-refractivity contribution is 9.10. The number of carboxylic acid groups (broad SMARTS) is 1. The normalized spacial score (nSPS) is 20.2. The maximum absolute atomic E-state index is 11.0. The molecule has 104 valence electrons. The summed E-state index contributed by atoms with van der Waals surface area (Å²) in [4.78, 5) is 13.1. The van der Waals surface area contributed by atoms with Gasteiger partial charge in [-0.2, -0.15) is 0 Å². The van der Waals surface area contributed by atoms with Crippen LogP contribution in [0.1, 0.15) is 12.8 Å². The molecule has 1 aromatic rings. The predicted molar refractivity (Wildman–Crippen MR) is 76.4 cm³/mol. The summed E-state index contributed by atoms with van der Waals surface area (Å²) < 4.78 is 6.68. The molecule has 1 atom stereocenters. The average molecular weight is 328 g/mol. The lowest BCUT2D eigenvalue weighted by Gasteiger charge is -2.30. The zero-order chi connectivity index (χ0) is 13.7. The molecule has 0 aliphatic carbocycles. The van der Waals surface area contributed by atoms with E-state index in [2.05, 4.69) is 20.8 Å². The molecule has 0 radical (unpaired) electrons. The van der Waals surface area contributed by atoms with Crippen LogP contribution in [0.15, 0.2) is 28.7 Å². The minimum Gasteiger partial charge on any atom is -0.492 e. The number of aliphatic carboxylic acids is 1. The number of rotatable bonds is 5. The van der Waals surface area contributed by atoms with Gasteiger partial charge in [0.15, 0.2) is 0 Å². The van der Waals surface area contributed by atoms with Gasteiger partial charge in [-0.3, -0.25) is 9.69 Å². The van der Waals surface area contributed by atoms with Crippen LogP contribution in [-0.4, -0.2) is 42.2 Å². The topological polar surface area (TPSA) is 49.8 Å². The van der Waals surface area contributed by atoms with Crippen LogP contribution in [0.2, 0.25) is 0 Å². The van der Waals surface area contributed by atoms with E-state index < -0.39 is 5.97 Å². The fourth-order valence-corrected chi connectivity index (χ4v) is 2.55. The van der Waals surface area contributed by atoms with Crippen molar-refractivity contribution in [2.24, 2.45) is 5.92 Å². The molecule has 2 rings (SSSR count). The maximum Gasteiger partial charge on any atom is 0.307 e. The molecule has 1 aliphatic heterocycles. The van der Waals surface area contributed by atoms with E-state index in [1.54, 1.807) is 0 Å². The summed E-state index contributed by atoms with van der Waals surface area (Å²) in [5.41, 5.74) is 0. The first-order chi connectivity index (χ1) is 9.15. The van der Waals surface area contributed by atoms with E-state index in [1.165, 1.54) is 0 Å². The van der Waals surface area contributed by atoms with Gasteiger partial charge in [0.05, 0.1) is 5.92 Å². The highest BCUT2D eigenvalue weighted by atomic mass is 79.9. The van der Waals surface area contributed by atoms with Crippen LogP contribution in [0.5, 0.6) is 5.75 Å². The number of halogens is 1. The molecule has 1 aromatic carbocycles. The van der Waals surface area contributed by atoms with Gasteiger partial charge in [0.2, 0.25) is 0 Å². The van der Waals surface area contributed by atoms with E-state index in [1.807, 2.05) is 24.3 Å². The molecule has 1 unspecified atom stereocenters. The summed E-state index contributed by atoms with van der Waals surface area (Å²) in [7, 11) is 0. The Morgan fingerprint density at radius 1 is 1.42 bits per heavy atom. The number of likely N-dealkylation sites (tertiary alicyclic amines) is 1. The standard InChI is InChI=1S/C14H18BrNO3/c15-12-3-5-13(6-4-12)19-9-8-16-7-1-2-11(10-16)14(17)18/h3-6,11H,1-2,7-10H2,(H,17,18). The van der Waals surface area contributed by atoms with Crippen LogP contribution >= 0.6 is 15.9 Å². The summed E-state index contributed by atoms with van der Waals surface area (Å²) in [5.74, 6) is -0.0602. The summed E-state index contributed by atoms with van der Waals surface area (Å²) in [6, 6.07) is 7.72. The molecule has 1 N–H and O–H groups in total. The third-order valence-electron chi connectivity index (χ3n) is 3.34. The quantitative estimate of drug-likeness (QED) is 0.903. The van der Waals surface area contributed by atoms with Crippen molar-refractivity contribution >= 4 is 21.9 Å². The molecule has 1 heterocycles. The highest BCUT2D eigenvalue weighted by Crippen LogP contribution is 2.18. The van der Waals surface area contributed by atoms with Gasteiger partial charge in [-0.1, -0.05) is 15.9 Å². The molecular formula is C14H18BrNO3. The van der Waals surface area contributed by atoms with Gasteiger partial charge in [-0.15, -0.1) is 0 Å². The third kappa shape index (κ3) is 4.51. The van der Waals surface area contributed by atoms with Crippen LogP contribution in [0, 0.1) is 5.92 Å². The molecule has 1 aliphatic rings. The number of piperidine rings is 1. The van der Waals surface area contributed by atoms with E-state index in [-0.39, 0.29) is 5.92 Å². The van der Waals surface area contributed by atoms with Crippen molar-refractivity contribution in [1.29, 1.82) is 0 Å².